The molecule has 0 aliphatic carbocycles. The van der Waals surface area contributed by atoms with E-state index in [1.54, 1.807) is 6.07 Å². The lowest BCUT2D eigenvalue weighted by atomic mass is 9.94. The molecule has 0 unspecified atom stereocenters. The van der Waals surface area contributed by atoms with Gasteiger partial charge in [0.05, 0.1) is 16.7 Å². The first kappa shape index (κ1) is 17.4. The molecule has 0 aliphatic heterocycles. The van der Waals surface area contributed by atoms with E-state index in [0.717, 1.165) is 0 Å². The lowest BCUT2D eigenvalue weighted by Gasteiger charge is -2.30. The predicted octanol–water partition coefficient (Wildman–Crippen LogP) is 2.64. The molecule has 0 radical (unpaired) electrons. The van der Waals surface area contributed by atoms with Crippen LogP contribution in [0.2, 0.25) is 5.04 Å². The molecule has 1 aromatic carbocycles. The van der Waals surface area contributed by atoms with Gasteiger partial charge in [-0.15, -0.1) is 0 Å². The second kappa shape index (κ2) is 5.99. The van der Waals surface area contributed by atoms with Crippen LogP contribution >= 0.6 is 0 Å². The van der Waals surface area contributed by atoms with Gasteiger partial charge in [0.15, 0.2) is 9.76 Å². The van der Waals surface area contributed by atoms with Gasteiger partial charge in [0.2, 0.25) is 0 Å². The van der Waals surface area contributed by atoms with E-state index < -0.39 is 27.3 Å². The van der Waals surface area contributed by atoms with Gasteiger partial charge < -0.3 is 14.6 Å². The maximum Gasteiger partial charge on any atom is 0.336 e. The van der Waals surface area contributed by atoms with Gasteiger partial charge >= 0.3 is 11.9 Å². The summed E-state index contributed by atoms with van der Waals surface area (Å²) < 4.78 is 6.01. The average molecular weight is 310 g/mol. The Kier molecular flexibility index (Phi) is 4.96. The Bertz CT molecular complexity index is 558. The van der Waals surface area contributed by atoms with E-state index in [9.17, 15) is 9.59 Å². The molecule has 5 nitrogen and oxygen atoms in total. The Morgan fingerprint density at radius 3 is 1.95 bits per heavy atom. The van der Waals surface area contributed by atoms with Crippen LogP contribution in [0.3, 0.4) is 0 Å². The Morgan fingerprint density at radius 2 is 1.52 bits per heavy atom. The molecule has 0 saturated heterocycles. The molecule has 0 bridgehead atoms. The zero-order valence-electron chi connectivity index (χ0n) is 13.1. The second-order valence-electron chi connectivity index (χ2n) is 6.73. The number of carboxylic acids is 2. The van der Waals surface area contributed by atoms with Crippen molar-refractivity contribution in [1.82, 2.24) is 0 Å². The van der Waals surface area contributed by atoms with Gasteiger partial charge in [-0.2, -0.15) is 0 Å². The van der Waals surface area contributed by atoms with Crippen LogP contribution in [-0.4, -0.2) is 31.9 Å². The van der Waals surface area contributed by atoms with Crippen LogP contribution in [0.5, 0.6) is 0 Å². The largest absolute Gasteiger partial charge is 0.478 e. The summed E-state index contributed by atoms with van der Waals surface area (Å²) in [4.78, 5) is 22.3. The fourth-order valence-electron chi connectivity index (χ4n) is 1.76. The molecular weight excluding hydrogens is 288 g/mol. The summed E-state index contributed by atoms with van der Waals surface area (Å²) in [5.74, 6) is -2.50. The second-order valence-corrected chi connectivity index (χ2v) is 9.43. The van der Waals surface area contributed by atoms with Gasteiger partial charge in [0, 0.05) is 0 Å². The highest BCUT2D eigenvalue weighted by molar-refractivity contribution is 6.31. The Morgan fingerprint density at radius 1 is 1.00 bits per heavy atom. The summed E-state index contributed by atoms with van der Waals surface area (Å²) in [7, 11) is -0.819. The topological polar surface area (TPSA) is 83.8 Å². The fraction of sp³-hybridized carbons (Fsp3) is 0.467. The maximum absolute atomic E-state index is 11.2. The zero-order chi connectivity index (χ0) is 16.4. The smallest absolute Gasteiger partial charge is 0.336 e. The normalized spacial score (nSPS) is 12.8. The summed E-state index contributed by atoms with van der Waals surface area (Å²) in [5, 5.41) is 18.3. The molecular formula is C15H22O5Si. The molecule has 0 saturated carbocycles. The number of rotatable bonds is 5. The standard InChI is InChI=1S/C15H22O5Si/c1-14(2,3)21-20-15(4,5)9-6-7-10(12(16)17)11(8-9)13(18)19/h6-8H,21H2,1-5H3,(H,16,17)(H,18,19). The van der Waals surface area contributed by atoms with Crippen molar-refractivity contribution in [3.8, 4) is 0 Å². The van der Waals surface area contributed by atoms with E-state index in [1.807, 2.05) is 13.8 Å². The van der Waals surface area contributed by atoms with Crippen LogP contribution < -0.4 is 0 Å². The molecule has 0 amide bonds. The first-order chi connectivity index (χ1) is 9.44. The summed E-state index contributed by atoms with van der Waals surface area (Å²) in [5.41, 5.74) is -0.397. The van der Waals surface area contributed by atoms with Gasteiger partial charge in [-0.3, -0.25) is 0 Å². The van der Waals surface area contributed by atoms with Crippen molar-refractivity contribution < 1.29 is 24.2 Å². The highest BCUT2D eigenvalue weighted by Gasteiger charge is 2.27. The molecule has 0 heterocycles. The molecule has 1 rings (SSSR count). The molecule has 0 spiro atoms. The van der Waals surface area contributed by atoms with Gasteiger partial charge in [0.25, 0.3) is 0 Å². The molecule has 0 aliphatic rings. The van der Waals surface area contributed by atoms with Crippen molar-refractivity contribution in [1.29, 1.82) is 0 Å². The minimum atomic E-state index is -1.25. The number of hydrogen-bond acceptors (Lipinski definition) is 3. The lowest BCUT2D eigenvalue weighted by molar-refractivity contribution is 0.0649. The summed E-state index contributed by atoms with van der Waals surface area (Å²) in [6, 6.07) is 4.33. The van der Waals surface area contributed by atoms with E-state index in [4.69, 9.17) is 14.6 Å². The van der Waals surface area contributed by atoms with E-state index in [2.05, 4.69) is 20.8 Å². The third-order valence-corrected chi connectivity index (χ3v) is 4.77. The highest BCUT2D eigenvalue weighted by Crippen LogP contribution is 2.30. The van der Waals surface area contributed by atoms with Crippen molar-refractivity contribution in [2.75, 3.05) is 0 Å². The third kappa shape index (κ3) is 4.68. The molecule has 6 heteroatoms. The highest BCUT2D eigenvalue weighted by atomic mass is 28.2. The molecule has 116 valence electrons. The van der Waals surface area contributed by atoms with Gasteiger partial charge in [-0.25, -0.2) is 9.59 Å². The fourth-order valence-corrected chi connectivity index (χ4v) is 2.72. The van der Waals surface area contributed by atoms with Crippen LogP contribution in [-0.2, 0) is 10.0 Å². The Labute approximate surface area is 126 Å². The Balaban J connectivity index is 3.16. The van der Waals surface area contributed by atoms with Crippen molar-refractivity contribution in [3.63, 3.8) is 0 Å². The van der Waals surface area contributed by atoms with Crippen LogP contribution in [0.4, 0.5) is 0 Å². The third-order valence-electron chi connectivity index (χ3n) is 3.04. The minimum Gasteiger partial charge on any atom is -0.478 e. The first-order valence-corrected chi connectivity index (χ1v) is 7.97. The number of hydrogen-bond donors (Lipinski definition) is 2. The molecule has 0 fully saturated rings. The van der Waals surface area contributed by atoms with Crippen LogP contribution in [0.25, 0.3) is 0 Å². The number of benzene rings is 1. The molecule has 1 aromatic rings. The van der Waals surface area contributed by atoms with E-state index >= 15 is 0 Å². The van der Waals surface area contributed by atoms with Gasteiger partial charge in [-0.05, 0) is 36.6 Å². The Hall–Kier alpha value is -1.66. The zero-order valence-corrected chi connectivity index (χ0v) is 14.5. The summed E-state index contributed by atoms with van der Waals surface area (Å²) in [6.07, 6.45) is 0. The summed E-state index contributed by atoms with van der Waals surface area (Å²) in [6.45, 7) is 10.0. The number of aromatic carboxylic acids is 2. The van der Waals surface area contributed by atoms with Crippen LogP contribution in [0.1, 0.15) is 60.9 Å². The predicted molar refractivity (Wildman–Crippen MR) is 82.7 cm³/mol. The van der Waals surface area contributed by atoms with Gasteiger partial charge in [0.1, 0.15) is 0 Å². The van der Waals surface area contributed by atoms with E-state index in [0.29, 0.717) is 5.56 Å². The quantitative estimate of drug-likeness (QED) is 0.817. The minimum absolute atomic E-state index is 0.119. The summed E-state index contributed by atoms with van der Waals surface area (Å²) >= 11 is 0. The maximum atomic E-state index is 11.2. The van der Waals surface area contributed by atoms with E-state index in [1.165, 1.54) is 12.1 Å². The molecule has 2 N–H and O–H groups in total. The van der Waals surface area contributed by atoms with Crippen LogP contribution in [0.15, 0.2) is 18.2 Å². The number of carbonyl (C=O) groups is 2. The monoisotopic (exact) mass is 310 g/mol. The first-order valence-electron chi connectivity index (χ1n) is 6.69. The van der Waals surface area contributed by atoms with Crippen molar-refractivity contribution in [3.05, 3.63) is 34.9 Å². The SMILES string of the molecule is CC(C)(C)[SiH2]OC(C)(C)c1ccc(C(=O)O)c(C(=O)O)c1. The molecule has 21 heavy (non-hydrogen) atoms. The van der Waals surface area contributed by atoms with Crippen molar-refractivity contribution in [2.45, 2.75) is 45.3 Å². The average Bonchev–Trinajstić information content (AvgIpc) is 2.34. The van der Waals surface area contributed by atoms with Crippen LogP contribution in [0, 0.1) is 0 Å². The van der Waals surface area contributed by atoms with Crippen molar-refractivity contribution >= 4 is 21.7 Å². The lowest BCUT2D eigenvalue weighted by Crippen LogP contribution is -2.28. The van der Waals surface area contributed by atoms with Crippen molar-refractivity contribution in [2.24, 2.45) is 0 Å². The molecule has 0 aromatic heterocycles. The van der Waals surface area contributed by atoms with E-state index in [-0.39, 0.29) is 16.2 Å². The molecule has 0 atom stereocenters. The van der Waals surface area contributed by atoms with Gasteiger partial charge in [-0.1, -0.05) is 26.8 Å². The number of carboxylic acid groups (broad SMARTS) is 2.